The Bertz CT molecular complexity index is 907. The summed E-state index contributed by atoms with van der Waals surface area (Å²) in [7, 11) is 0. The van der Waals surface area contributed by atoms with Gasteiger partial charge in [-0.15, -0.1) is 13.2 Å². The highest BCUT2D eigenvalue weighted by atomic mass is 32.1. The molecule has 0 radical (unpaired) electrons. The fourth-order valence-electron chi connectivity index (χ4n) is 2.54. The molecular weight excluding hydrogens is 391 g/mol. The zero-order valence-electron chi connectivity index (χ0n) is 14.4. The number of halogens is 3. The average molecular weight is 407 g/mol. The molecule has 0 aliphatic heterocycles. The van der Waals surface area contributed by atoms with Crippen LogP contribution in [0.5, 0.6) is 5.75 Å². The lowest BCUT2D eigenvalue weighted by molar-refractivity contribution is -0.274. The predicted molar refractivity (Wildman–Crippen MR) is 100 cm³/mol. The molecule has 0 saturated heterocycles. The number of carbonyl (C=O) groups excluding carboxylic acids is 1. The number of aliphatic hydroxyl groups excluding tert-OH is 1. The molecule has 0 aliphatic rings. The first kappa shape index (κ1) is 19.9. The number of amides is 1. The standard InChI is InChI=1S/C20H16F3NO3S/c21-20(22,23)27-17-7-5-15(6-8-17)19(26)24-11-18(25)14-3-1-13(2-4-14)16-9-10-28-12-16/h1-10,12,18,25H,11H2,(H,24,26). The highest BCUT2D eigenvalue weighted by molar-refractivity contribution is 7.08. The number of hydrogen-bond donors (Lipinski definition) is 2. The Morgan fingerprint density at radius 1 is 1.04 bits per heavy atom. The minimum atomic E-state index is -4.78. The number of carbonyl (C=O) groups is 1. The van der Waals surface area contributed by atoms with Gasteiger partial charge in [0, 0.05) is 12.1 Å². The van der Waals surface area contributed by atoms with Gasteiger partial charge in [-0.1, -0.05) is 24.3 Å². The summed E-state index contributed by atoms with van der Waals surface area (Å²) in [4.78, 5) is 12.1. The molecule has 0 fully saturated rings. The second kappa shape index (κ2) is 8.45. The third-order valence-corrected chi connectivity index (χ3v) is 4.64. The third-order valence-electron chi connectivity index (χ3n) is 3.96. The Hall–Kier alpha value is -2.84. The summed E-state index contributed by atoms with van der Waals surface area (Å²) in [6.45, 7) is -0.0303. The van der Waals surface area contributed by atoms with Crippen LogP contribution in [0.2, 0.25) is 0 Å². The number of thiophene rings is 1. The molecule has 3 rings (SSSR count). The topological polar surface area (TPSA) is 58.6 Å². The smallest absolute Gasteiger partial charge is 0.406 e. The molecule has 4 nitrogen and oxygen atoms in total. The average Bonchev–Trinajstić information content (AvgIpc) is 3.20. The van der Waals surface area contributed by atoms with Crippen molar-refractivity contribution in [1.29, 1.82) is 0 Å². The lowest BCUT2D eigenvalue weighted by atomic mass is 10.0. The van der Waals surface area contributed by atoms with Crippen molar-refractivity contribution in [3.63, 3.8) is 0 Å². The minimum absolute atomic E-state index is 0.0303. The maximum absolute atomic E-state index is 12.1. The van der Waals surface area contributed by atoms with Crippen LogP contribution in [0.25, 0.3) is 11.1 Å². The van der Waals surface area contributed by atoms with Gasteiger partial charge in [-0.25, -0.2) is 0 Å². The van der Waals surface area contributed by atoms with E-state index in [-0.39, 0.29) is 12.1 Å². The van der Waals surface area contributed by atoms with Crippen LogP contribution in [0.3, 0.4) is 0 Å². The van der Waals surface area contributed by atoms with E-state index in [0.717, 1.165) is 23.3 Å². The number of hydrogen-bond acceptors (Lipinski definition) is 4. The number of alkyl halides is 3. The van der Waals surface area contributed by atoms with Crippen LogP contribution in [0.4, 0.5) is 13.2 Å². The maximum Gasteiger partial charge on any atom is 0.573 e. The Morgan fingerprint density at radius 3 is 2.29 bits per heavy atom. The van der Waals surface area contributed by atoms with E-state index in [4.69, 9.17) is 0 Å². The van der Waals surface area contributed by atoms with E-state index < -0.39 is 24.1 Å². The first-order valence-electron chi connectivity index (χ1n) is 8.26. The molecule has 1 atom stereocenters. The Kier molecular flexibility index (Phi) is 6.01. The zero-order chi connectivity index (χ0) is 20.1. The number of aliphatic hydroxyl groups is 1. The van der Waals surface area contributed by atoms with E-state index >= 15 is 0 Å². The van der Waals surface area contributed by atoms with Gasteiger partial charge in [0.2, 0.25) is 0 Å². The maximum atomic E-state index is 12.1. The molecular formula is C20H16F3NO3S. The van der Waals surface area contributed by atoms with Crippen LogP contribution in [-0.2, 0) is 0 Å². The van der Waals surface area contributed by atoms with Gasteiger partial charge in [0.05, 0.1) is 6.10 Å². The van der Waals surface area contributed by atoms with E-state index in [2.05, 4.69) is 10.1 Å². The Balaban J connectivity index is 1.55. The molecule has 28 heavy (non-hydrogen) atoms. The van der Waals surface area contributed by atoms with Crippen LogP contribution in [0, 0.1) is 0 Å². The van der Waals surface area contributed by atoms with Gasteiger partial charge in [0.25, 0.3) is 5.91 Å². The lowest BCUT2D eigenvalue weighted by Crippen LogP contribution is -2.28. The van der Waals surface area contributed by atoms with Crippen LogP contribution < -0.4 is 10.1 Å². The number of rotatable bonds is 6. The molecule has 0 saturated carbocycles. The van der Waals surface area contributed by atoms with Crippen molar-refractivity contribution in [3.05, 3.63) is 76.5 Å². The number of benzene rings is 2. The van der Waals surface area contributed by atoms with Gasteiger partial charge >= 0.3 is 6.36 Å². The summed E-state index contributed by atoms with van der Waals surface area (Å²) < 4.78 is 40.2. The largest absolute Gasteiger partial charge is 0.573 e. The molecule has 1 aromatic heterocycles. The van der Waals surface area contributed by atoms with Crippen LogP contribution >= 0.6 is 11.3 Å². The fourth-order valence-corrected chi connectivity index (χ4v) is 3.21. The number of nitrogens with one attached hydrogen (secondary N) is 1. The van der Waals surface area contributed by atoms with Crippen molar-refractivity contribution < 1.29 is 27.8 Å². The van der Waals surface area contributed by atoms with E-state index in [9.17, 15) is 23.1 Å². The van der Waals surface area contributed by atoms with Gasteiger partial charge in [0.15, 0.2) is 0 Å². The van der Waals surface area contributed by atoms with Crippen molar-refractivity contribution in [2.45, 2.75) is 12.5 Å². The van der Waals surface area contributed by atoms with Crippen LogP contribution in [0.15, 0.2) is 65.4 Å². The monoisotopic (exact) mass is 407 g/mol. The molecule has 2 aromatic carbocycles. The molecule has 0 aliphatic carbocycles. The molecule has 1 amide bonds. The van der Waals surface area contributed by atoms with Crippen molar-refractivity contribution in [2.24, 2.45) is 0 Å². The summed E-state index contributed by atoms with van der Waals surface area (Å²) in [5, 5.41) is 16.8. The summed E-state index contributed by atoms with van der Waals surface area (Å²) >= 11 is 1.60. The fraction of sp³-hybridized carbons (Fsp3) is 0.150. The molecule has 1 heterocycles. The molecule has 8 heteroatoms. The first-order chi connectivity index (χ1) is 13.3. The summed E-state index contributed by atoms with van der Waals surface area (Å²) in [5.41, 5.74) is 2.93. The van der Waals surface area contributed by atoms with Gasteiger partial charge in [-0.05, 0) is 57.8 Å². The van der Waals surface area contributed by atoms with Crippen LogP contribution in [0.1, 0.15) is 22.0 Å². The summed E-state index contributed by atoms with van der Waals surface area (Å²) in [6.07, 6.45) is -5.69. The van der Waals surface area contributed by atoms with Crippen molar-refractivity contribution in [2.75, 3.05) is 6.54 Å². The predicted octanol–water partition coefficient (Wildman–Crippen LogP) is 4.78. The molecule has 3 aromatic rings. The first-order valence-corrected chi connectivity index (χ1v) is 9.21. The van der Waals surface area contributed by atoms with E-state index in [1.807, 2.05) is 29.0 Å². The van der Waals surface area contributed by atoms with Gasteiger partial charge in [-0.2, -0.15) is 11.3 Å². The van der Waals surface area contributed by atoms with Crippen molar-refractivity contribution in [1.82, 2.24) is 5.32 Å². The summed E-state index contributed by atoms with van der Waals surface area (Å²) in [5.74, 6) is -0.915. The number of ether oxygens (including phenoxy) is 1. The molecule has 2 N–H and O–H groups in total. The minimum Gasteiger partial charge on any atom is -0.406 e. The van der Waals surface area contributed by atoms with E-state index in [1.165, 1.54) is 12.1 Å². The highest BCUT2D eigenvalue weighted by Gasteiger charge is 2.31. The van der Waals surface area contributed by atoms with Crippen molar-refractivity contribution in [3.8, 4) is 16.9 Å². The van der Waals surface area contributed by atoms with Gasteiger partial charge in [0.1, 0.15) is 5.75 Å². The lowest BCUT2D eigenvalue weighted by Gasteiger charge is -2.13. The Labute approximate surface area is 163 Å². The van der Waals surface area contributed by atoms with Gasteiger partial charge in [-0.3, -0.25) is 4.79 Å². The second-order valence-corrected chi connectivity index (χ2v) is 6.71. The normalized spacial score (nSPS) is 12.4. The molecule has 0 spiro atoms. The molecule has 1 unspecified atom stereocenters. The quantitative estimate of drug-likeness (QED) is 0.619. The van der Waals surface area contributed by atoms with Gasteiger partial charge < -0.3 is 15.2 Å². The van der Waals surface area contributed by atoms with Crippen LogP contribution in [-0.4, -0.2) is 23.9 Å². The molecule has 146 valence electrons. The third kappa shape index (κ3) is 5.34. The van der Waals surface area contributed by atoms with Crippen molar-refractivity contribution >= 4 is 17.2 Å². The highest BCUT2D eigenvalue weighted by Crippen LogP contribution is 2.24. The Morgan fingerprint density at radius 2 is 1.71 bits per heavy atom. The summed E-state index contributed by atoms with van der Waals surface area (Å²) in [6, 6.07) is 13.9. The SMILES string of the molecule is O=C(NCC(O)c1ccc(-c2ccsc2)cc1)c1ccc(OC(F)(F)F)cc1. The zero-order valence-corrected chi connectivity index (χ0v) is 15.3. The molecule has 0 bridgehead atoms. The van der Waals surface area contributed by atoms with E-state index in [0.29, 0.717) is 5.56 Å². The second-order valence-electron chi connectivity index (χ2n) is 5.93. The van der Waals surface area contributed by atoms with E-state index in [1.54, 1.807) is 23.5 Å².